The molecule has 24 heavy (non-hydrogen) atoms. The van der Waals surface area contributed by atoms with Crippen LogP contribution >= 0.6 is 35.0 Å². The molecule has 0 spiro atoms. The Morgan fingerprint density at radius 3 is 2.67 bits per heavy atom. The van der Waals surface area contributed by atoms with E-state index >= 15 is 0 Å². The summed E-state index contributed by atoms with van der Waals surface area (Å²) in [6.07, 6.45) is 1.55. The van der Waals surface area contributed by atoms with Gasteiger partial charge < -0.3 is 14.2 Å². The third-order valence-electron chi connectivity index (χ3n) is 2.97. The average molecular weight is 384 g/mol. The summed E-state index contributed by atoms with van der Waals surface area (Å²) in [6.45, 7) is 1.80. The maximum absolute atomic E-state index is 12.0. The molecule has 0 bridgehead atoms. The van der Waals surface area contributed by atoms with Crippen molar-refractivity contribution in [2.45, 2.75) is 12.1 Å². The van der Waals surface area contributed by atoms with Crippen LogP contribution in [0.2, 0.25) is 10.0 Å². The lowest BCUT2D eigenvalue weighted by molar-refractivity contribution is -0.113. The number of hydrogen-bond acceptors (Lipinski definition) is 6. The second-order valence-corrected chi connectivity index (χ2v) is 6.56. The van der Waals surface area contributed by atoms with E-state index in [0.29, 0.717) is 32.6 Å². The molecule has 0 atom stereocenters. The number of thioether (sulfide) groups is 1. The van der Waals surface area contributed by atoms with Crippen molar-refractivity contribution in [2.24, 2.45) is 0 Å². The zero-order valence-electron chi connectivity index (χ0n) is 12.4. The van der Waals surface area contributed by atoms with Crippen LogP contribution in [-0.4, -0.2) is 21.9 Å². The van der Waals surface area contributed by atoms with Crippen LogP contribution in [0.25, 0.3) is 11.5 Å². The fourth-order valence-electron chi connectivity index (χ4n) is 1.93. The maximum Gasteiger partial charge on any atom is 0.277 e. The Balaban J connectivity index is 1.59. The summed E-state index contributed by atoms with van der Waals surface area (Å²) in [5.41, 5.74) is 1.26. The van der Waals surface area contributed by atoms with E-state index < -0.39 is 0 Å². The van der Waals surface area contributed by atoms with Crippen LogP contribution in [-0.2, 0) is 4.79 Å². The SMILES string of the molecule is Cc1occc1-c1nnc(SCC(=O)Nc2cc(Cl)cc(Cl)c2)o1. The standard InChI is InChI=1S/C15H11Cl2N3O3S/c1-8-12(2-3-22-8)14-19-20-15(23-14)24-7-13(21)18-11-5-9(16)4-10(17)6-11/h2-6H,7H2,1H3,(H,18,21). The second-order valence-electron chi connectivity index (χ2n) is 4.76. The number of furan rings is 1. The fraction of sp³-hybridized carbons (Fsp3) is 0.133. The van der Waals surface area contributed by atoms with Gasteiger partial charge in [-0.15, -0.1) is 10.2 Å². The number of nitrogens with one attached hydrogen (secondary N) is 1. The molecule has 0 unspecified atom stereocenters. The van der Waals surface area contributed by atoms with Crippen molar-refractivity contribution in [1.29, 1.82) is 0 Å². The Morgan fingerprint density at radius 2 is 2.00 bits per heavy atom. The first-order valence-electron chi connectivity index (χ1n) is 6.78. The molecule has 0 saturated heterocycles. The van der Waals surface area contributed by atoms with Crippen LogP contribution in [0.15, 0.2) is 44.6 Å². The molecular formula is C15H11Cl2N3O3S. The monoisotopic (exact) mass is 383 g/mol. The molecule has 0 fully saturated rings. The number of benzene rings is 1. The lowest BCUT2D eigenvalue weighted by Crippen LogP contribution is -2.13. The first-order valence-corrected chi connectivity index (χ1v) is 8.52. The van der Waals surface area contributed by atoms with Crippen molar-refractivity contribution in [3.05, 3.63) is 46.3 Å². The van der Waals surface area contributed by atoms with E-state index in [0.717, 1.165) is 17.3 Å². The van der Waals surface area contributed by atoms with Gasteiger partial charge in [-0.1, -0.05) is 35.0 Å². The second kappa shape index (κ2) is 7.29. The van der Waals surface area contributed by atoms with Gasteiger partial charge in [-0.25, -0.2) is 0 Å². The lowest BCUT2D eigenvalue weighted by Gasteiger charge is -2.05. The number of aromatic nitrogens is 2. The van der Waals surface area contributed by atoms with Gasteiger partial charge >= 0.3 is 0 Å². The summed E-state index contributed by atoms with van der Waals surface area (Å²) in [6, 6.07) is 6.56. The van der Waals surface area contributed by atoms with E-state index in [9.17, 15) is 4.79 Å². The minimum atomic E-state index is -0.238. The van der Waals surface area contributed by atoms with Gasteiger partial charge in [-0.05, 0) is 31.2 Å². The van der Waals surface area contributed by atoms with Gasteiger partial charge in [0.2, 0.25) is 5.91 Å². The minimum absolute atomic E-state index is 0.107. The molecule has 124 valence electrons. The Kier molecular flexibility index (Phi) is 5.13. The molecule has 6 nitrogen and oxygen atoms in total. The highest BCUT2D eigenvalue weighted by atomic mass is 35.5. The highest BCUT2D eigenvalue weighted by Crippen LogP contribution is 2.27. The number of anilines is 1. The maximum atomic E-state index is 12.0. The van der Waals surface area contributed by atoms with Crippen molar-refractivity contribution < 1.29 is 13.6 Å². The van der Waals surface area contributed by atoms with Crippen molar-refractivity contribution in [3.63, 3.8) is 0 Å². The third-order valence-corrected chi connectivity index (χ3v) is 4.22. The first-order chi connectivity index (χ1) is 11.5. The molecule has 2 aromatic heterocycles. The van der Waals surface area contributed by atoms with Crippen LogP contribution in [0.4, 0.5) is 5.69 Å². The Labute approximate surface area is 151 Å². The van der Waals surface area contributed by atoms with Crippen LogP contribution < -0.4 is 5.32 Å². The quantitative estimate of drug-likeness (QED) is 0.644. The molecule has 9 heteroatoms. The van der Waals surface area contributed by atoms with Gasteiger partial charge in [0.15, 0.2) is 0 Å². The van der Waals surface area contributed by atoms with Crippen LogP contribution in [0.5, 0.6) is 0 Å². The van der Waals surface area contributed by atoms with E-state index in [1.165, 1.54) is 0 Å². The van der Waals surface area contributed by atoms with Gasteiger partial charge in [0.25, 0.3) is 11.1 Å². The number of nitrogens with zero attached hydrogens (tertiary/aromatic N) is 2. The highest BCUT2D eigenvalue weighted by Gasteiger charge is 2.14. The van der Waals surface area contributed by atoms with Gasteiger partial charge in [-0.2, -0.15) is 0 Å². The highest BCUT2D eigenvalue weighted by molar-refractivity contribution is 7.99. The molecule has 0 aliphatic rings. The number of rotatable bonds is 5. The van der Waals surface area contributed by atoms with E-state index in [-0.39, 0.29) is 11.7 Å². The number of aryl methyl sites for hydroxylation is 1. The van der Waals surface area contributed by atoms with Crippen LogP contribution in [0.3, 0.4) is 0 Å². The fourth-order valence-corrected chi connectivity index (χ4v) is 3.02. The third kappa shape index (κ3) is 4.11. The van der Waals surface area contributed by atoms with E-state index in [1.54, 1.807) is 37.5 Å². The average Bonchev–Trinajstić information content (AvgIpc) is 3.12. The zero-order valence-corrected chi connectivity index (χ0v) is 14.7. The molecule has 0 saturated carbocycles. The van der Waals surface area contributed by atoms with Crippen LogP contribution in [0, 0.1) is 6.92 Å². The smallest absolute Gasteiger partial charge is 0.277 e. The molecule has 3 aromatic rings. The molecule has 0 aliphatic carbocycles. The number of carbonyl (C=O) groups excluding carboxylic acids is 1. The number of hydrogen-bond donors (Lipinski definition) is 1. The van der Waals surface area contributed by atoms with Crippen molar-refractivity contribution in [2.75, 3.05) is 11.1 Å². The van der Waals surface area contributed by atoms with E-state index in [4.69, 9.17) is 32.0 Å². The Morgan fingerprint density at radius 1 is 1.25 bits per heavy atom. The van der Waals surface area contributed by atoms with Crippen molar-refractivity contribution in [1.82, 2.24) is 10.2 Å². The number of carbonyl (C=O) groups is 1. The summed E-state index contributed by atoms with van der Waals surface area (Å²) in [4.78, 5) is 12.0. The van der Waals surface area contributed by atoms with Gasteiger partial charge in [-0.3, -0.25) is 4.79 Å². The van der Waals surface area contributed by atoms with Gasteiger partial charge in [0, 0.05) is 15.7 Å². The van der Waals surface area contributed by atoms with Crippen molar-refractivity contribution in [3.8, 4) is 11.5 Å². The Bertz CT molecular complexity index is 858. The molecular weight excluding hydrogens is 373 g/mol. The first kappa shape index (κ1) is 16.9. The topological polar surface area (TPSA) is 81.2 Å². The van der Waals surface area contributed by atoms with Crippen molar-refractivity contribution >= 4 is 46.6 Å². The van der Waals surface area contributed by atoms with Gasteiger partial charge in [0.1, 0.15) is 5.76 Å². The number of halogens is 2. The normalized spacial score (nSPS) is 10.8. The molecule has 1 aromatic carbocycles. The van der Waals surface area contributed by atoms with E-state index in [1.807, 2.05) is 0 Å². The summed E-state index contributed by atoms with van der Waals surface area (Å²) in [5, 5.41) is 11.7. The molecule has 0 aliphatic heterocycles. The Hall–Kier alpha value is -1.96. The molecule has 3 rings (SSSR count). The lowest BCUT2D eigenvalue weighted by atomic mass is 10.3. The summed E-state index contributed by atoms with van der Waals surface area (Å²) < 4.78 is 10.7. The summed E-state index contributed by atoms with van der Waals surface area (Å²) in [5.74, 6) is 0.907. The number of amides is 1. The molecule has 1 amide bonds. The van der Waals surface area contributed by atoms with E-state index in [2.05, 4.69) is 15.5 Å². The predicted molar refractivity (Wildman–Crippen MR) is 92.6 cm³/mol. The molecule has 0 radical (unpaired) electrons. The summed E-state index contributed by atoms with van der Waals surface area (Å²) in [7, 11) is 0. The van der Waals surface area contributed by atoms with Crippen LogP contribution in [0.1, 0.15) is 5.76 Å². The molecule has 2 heterocycles. The summed E-state index contributed by atoms with van der Waals surface area (Å²) >= 11 is 12.9. The minimum Gasteiger partial charge on any atom is -0.469 e. The molecule has 1 N–H and O–H groups in total. The predicted octanol–water partition coefficient (Wildman–Crippen LogP) is 4.68. The van der Waals surface area contributed by atoms with Gasteiger partial charge in [0.05, 0.1) is 17.6 Å². The largest absolute Gasteiger partial charge is 0.469 e. The zero-order chi connectivity index (χ0) is 17.1.